The van der Waals surface area contributed by atoms with Gasteiger partial charge in [0, 0.05) is 17.0 Å². The van der Waals surface area contributed by atoms with Crippen LogP contribution in [0.4, 0.5) is 0 Å². The minimum absolute atomic E-state index is 0.0164. The van der Waals surface area contributed by atoms with Gasteiger partial charge < -0.3 is 14.4 Å². The first-order valence-electron chi connectivity index (χ1n) is 6.61. The summed E-state index contributed by atoms with van der Waals surface area (Å²) in [4.78, 5) is 29.4. The topological polar surface area (TPSA) is 83.6 Å². The van der Waals surface area contributed by atoms with Crippen molar-refractivity contribution in [3.05, 3.63) is 29.7 Å². The van der Waals surface area contributed by atoms with Crippen LogP contribution in [-0.2, 0) is 4.79 Å². The van der Waals surface area contributed by atoms with Crippen LogP contribution >= 0.6 is 11.3 Å². The van der Waals surface area contributed by atoms with E-state index in [1.54, 1.807) is 24.0 Å². The quantitative estimate of drug-likeness (QED) is 0.917. The Hall–Kier alpha value is -2.15. The maximum atomic E-state index is 12.5. The molecule has 6 nitrogen and oxygen atoms in total. The molecule has 21 heavy (non-hydrogen) atoms. The number of aliphatic carboxylic acids is 1. The Bertz CT molecular complexity index is 660. The fourth-order valence-corrected chi connectivity index (χ4v) is 2.93. The molecule has 1 aliphatic carbocycles. The molecule has 0 radical (unpaired) electrons. The van der Waals surface area contributed by atoms with E-state index < -0.39 is 12.0 Å². The lowest BCUT2D eigenvalue weighted by Gasteiger charge is -2.25. The normalized spacial score (nSPS) is 15.7. The van der Waals surface area contributed by atoms with Crippen LogP contribution in [0.1, 0.15) is 30.3 Å². The zero-order valence-electron chi connectivity index (χ0n) is 11.4. The van der Waals surface area contributed by atoms with E-state index in [9.17, 15) is 9.59 Å². The van der Waals surface area contributed by atoms with Gasteiger partial charge in [-0.2, -0.15) is 0 Å². The fourth-order valence-electron chi connectivity index (χ4n) is 2.15. The molecule has 7 heteroatoms. The first kappa shape index (κ1) is 13.8. The van der Waals surface area contributed by atoms with E-state index in [2.05, 4.69) is 4.98 Å². The third-order valence-electron chi connectivity index (χ3n) is 3.44. The van der Waals surface area contributed by atoms with E-state index in [1.807, 2.05) is 0 Å². The van der Waals surface area contributed by atoms with Gasteiger partial charge in [0.05, 0.1) is 6.26 Å². The molecule has 1 unspecified atom stereocenters. The first-order chi connectivity index (χ1) is 10.1. The number of carboxylic acid groups (broad SMARTS) is 1. The number of rotatable bonds is 5. The Balaban J connectivity index is 1.85. The highest BCUT2D eigenvalue weighted by atomic mass is 32.1. The van der Waals surface area contributed by atoms with Crippen molar-refractivity contribution in [2.45, 2.75) is 31.8 Å². The van der Waals surface area contributed by atoms with Crippen molar-refractivity contribution >= 4 is 23.2 Å². The molecule has 2 aromatic heterocycles. The third kappa shape index (κ3) is 2.69. The van der Waals surface area contributed by atoms with Gasteiger partial charge in [0.15, 0.2) is 0 Å². The molecule has 1 aliphatic rings. The molecule has 1 atom stereocenters. The number of hydrogen-bond donors (Lipinski definition) is 1. The molecule has 0 saturated heterocycles. The van der Waals surface area contributed by atoms with Crippen LogP contribution in [0, 0.1) is 0 Å². The highest BCUT2D eigenvalue weighted by Gasteiger charge is 2.39. The Morgan fingerprint density at radius 3 is 2.86 bits per heavy atom. The van der Waals surface area contributed by atoms with Gasteiger partial charge in [-0.3, -0.25) is 4.79 Å². The van der Waals surface area contributed by atoms with Crippen molar-refractivity contribution in [1.29, 1.82) is 0 Å². The number of carboxylic acids is 1. The van der Waals surface area contributed by atoms with Crippen molar-refractivity contribution in [2.75, 3.05) is 0 Å². The summed E-state index contributed by atoms with van der Waals surface area (Å²) in [6.07, 6.45) is 4.80. The van der Waals surface area contributed by atoms with Crippen molar-refractivity contribution < 1.29 is 19.1 Å². The number of nitrogens with zero attached hydrogens (tertiary/aromatic N) is 2. The Morgan fingerprint density at radius 1 is 1.52 bits per heavy atom. The van der Waals surface area contributed by atoms with E-state index >= 15 is 0 Å². The lowest BCUT2D eigenvalue weighted by atomic mass is 10.2. The fraction of sp³-hybridized carbons (Fsp3) is 0.357. The summed E-state index contributed by atoms with van der Waals surface area (Å²) < 4.78 is 5.00. The number of thiazole rings is 1. The molecule has 0 aromatic carbocycles. The van der Waals surface area contributed by atoms with Gasteiger partial charge in [-0.05, 0) is 25.8 Å². The summed E-state index contributed by atoms with van der Waals surface area (Å²) in [6, 6.07) is 0.942. The number of hydrogen-bond acceptors (Lipinski definition) is 5. The molecule has 1 saturated carbocycles. The molecule has 0 spiro atoms. The number of amides is 1. The first-order valence-corrected chi connectivity index (χ1v) is 7.49. The van der Waals surface area contributed by atoms with Crippen LogP contribution in [0.25, 0.3) is 10.6 Å². The molecular weight excluding hydrogens is 292 g/mol. The van der Waals surface area contributed by atoms with Crippen LogP contribution in [0.2, 0.25) is 0 Å². The van der Waals surface area contributed by atoms with Gasteiger partial charge in [0.1, 0.15) is 23.0 Å². The van der Waals surface area contributed by atoms with Crippen LogP contribution in [0.3, 0.4) is 0 Å². The predicted molar refractivity (Wildman–Crippen MR) is 76.1 cm³/mol. The average molecular weight is 306 g/mol. The highest BCUT2D eigenvalue weighted by molar-refractivity contribution is 7.13. The maximum absolute atomic E-state index is 12.5. The summed E-state index contributed by atoms with van der Waals surface area (Å²) >= 11 is 1.34. The van der Waals surface area contributed by atoms with Crippen molar-refractivity contribution in [3.63, 3.8) is 0 Å². The van der Waals surface area contributed by atoms with E-state index in [4.69, 9.17) is 9.52 Å². The van der Waals surface area contributed by atoms with E-state index in [0.29, 0.717) is 5.01 Å². The molecule has 0 aliphatic heterocycles. The molecule has 2 aromatic rings. The van der Waals surface area contributed by atoms with Crippen LogP contribution in [0.15, 0.2) is 28.4 Å². The summed E-state index contributed by atoms with van der Waals surface area (Å²) in [5, 5.41) is 11.5. The number of carbonyl (C=O) groups excluding carboxylic acids is 1. The standard InChI is InChI=1S/C14H14N2O4S/c1-8(14(18)19)16(10-2-3-10)13(17)11-7-21-12(15-11)9-4-5-20-6-9/h4-8,10H,2-3H2,1H3,(H,18,19). The Labute approximate surface area is 125 Å². The number of carbonyl (C=O) groups is 2. The SMILES string of the molecule is CC(C(=O)O)N(C(=O)c1csc(-c2ccoc2)n1)C1CC1. The molecule has 1 amide bonds. The summed E-state index contributed by atoms with van der Waals surface area (Å²) in [6.45, 7) is 1.53. The number of aromatic nitrogens is 1. The van der Waals surface area contributed by atoms with E-state index in [0.717, 1.165) is 18.4 Å². The van der Waals surface area contributed by atoms with Gasteiger partial charge >= 0.3 is 5.97 Å². The monoisotopic (exact) mass is 306 g/mol. The largest absolute Gasteiger partial charge is 0.480 e. The maximum Gasteiger partial charge on any atom is 0.326 e. The third-order valence-corrected chi connectivity index (χ3v) is 4.33. The van der Waals surface area contributed by atoms with Gasteiger partial charge in [-0.1, -0.05) is 0 Å². The van der Waals surface area contributed by atoms with Crippen LogP contribution < -0.4 is 0 Å². The summed E-state index contributed by atoms with van der Waals surface area (Å²) in [5.41, 5.74) is 1.10. The van der Waals surface area contributed by atoms with E-state index in [-0.39, 0.29) is 17.6 Å². The highest BCUT2D eigenvalue weighted by Crippen LogP contribution is 2.31. The second-order valence-electron chi connectivity index (χ2n) is 5.01. The summed E-state index contributed by atoms with van der Waals surface area (Å²) in [5.74, 6) is -1.32. The second-order valence-corrected chi connectivity index (χ2v) is 5.87. The van der Waals surface area contributed by atoms with Gasteiger partial charge in [-0.15, -0.1) is 11.3 Å². The molecule has 1 N–H and O–H groups in total. The predicted octanol–water partition coefficient (Wildman–Crippen LogP) is 2.48. The second kappa shape index (κ2) is 5.33. The van der Waals surface area contributed by atoms with Crippen LogP contribution in [0.5, 0.6) is 0 Å². The van der Waals surface area contributed by atoms with Gasteiger partial charge in [0.25, 0.3) is 5.91 Å². The summed E-state index contributed by atoms with van der Waals surface area (Å²) in [7, 11) is 0. The zero-order chi connectivity index (χ0) is 15.0. The van der Waals surface area contributed by atoms with Crippen molar-refractivity contribution in [3.8, 4) is 10.6 Å². The molecule has 0 bridgehead atoms. The Kier molecular flexibility index (Phi) is 3.50. The molecule has 3 rings (SSSR count). The van der Waals surface area contributed by atoms with Crippen molar-refractivity contribution in [1.82, 2.24) is 9.88 Å². The van der Waals surface area contributed by atoms with Crippen LogP contribution in [-0.4, -0.2) is 39.0 Å². The molecular formula is C14H14N2O4S. The number of furan rings is 1. The average Bonchev–Trinajstić information content (AvgIpc) is 2.97. The molecule has 1 fully saturated rings. The van der Waals surface area contributed by atoms with Gasteiger partial charge in [0.2, 0.25) is 0 Å². The van der Waals surface area contributed by atoms with Gasteiger partial charge in [-0.25, -0.2) is 9.78 Å². The minimum atomic E-state index is -1.000. The molecule has 110 valence electrons. The van der Waals surface area contributed by atoms with Crippen molar-refractivity contribution in [2.24, 2.45) is 0 Å². The Morgan fingerprint density at radius 2 is 2.29 bits per heavy atom. The minimum Gasteiger partial charge on any atom is -0.480 e. The molecule has 2 heterocycles. The lowest BCUT2D eigenvalue weighted by molar-refractivity contribution is -0.141. The zero-order valence-corrected chi connectivity index (χ0v) is 12.2. The lowest BCUT2D eigenvalue weighted by Crippen LogP contribution is -2.44. The van der Waals surface area contributed by atoms with E-state index in [1.165, 1.54) is 23.2 Å². The smallest absolute Gasteiger partial charge is 0.326 e.